The first-order valence-corrected chi connectivity index (χ1v) is 11.6. The summed E-state index contributed by atoms with van der Waals surface area (Å²) in [6, 6.07) is 15.0. The quantitative estimate of drug-likeness (QED) is 0.574. The molecule has 1 aromatic heterocycles. The molecule has 0 atom stereocenters. The first kappa shape index (κ1) is 21.8. The standard InChI is InChI=1S/C21H24N6O4S/c1-16-20(21(28)27(25(16)2)18-6-4-3-5-7-18)23-32(29,30)19-10-8-17(9-11-19)22-24-26-12-14-31-15-13-26/h3-11,23H,12-15H2,1-2H3. The van der Waals surface area contributed by atoms with E-state index in [2.05, 4.69) is 15.1 Å². The number of nitrogens with one attached hydrogen (secondary N) is 1. The van der Waals surface area contributed by atoms with Gasteiger partial charge >= 0.3 is 0 Å². The molecule has 1 fully saturated rings. The van der Waals surface area contributed by atoms with E-state index in [9.17, 15) is 13.2 Å². The second kappa shape index (κ2) is 8.97. The fraction of sp³-hybridized carbons (Fsp3) is 0.286. The Bertz CT molecular complexity index is 1270. The maximum absolute atomic E-state index is 13.0. The number of anilines is 1. The Kier molecular flexibility index (Phi) is 6.10. The fourth-order valence-corrected chi connectivity index (χ4v) is 4.45. The van der Waals surface area contributed by atoms with Crippen LogP contribution < -0.4 is 10.3 Å². The number of ether oxygens (including phenoxy) is 1. The van der Waals surface area contributed by atoms with Crippen molar-refractivity contribution in [2.45, 2.75) is 11.8 Å². The van der Waals surface area contributed by atoms with Crippen molar-refractivity contribution in [3.8, 4) is 5.69 Å². The van der Waals surface area contributed by atoms with E-state index in [0.717, 1.165) is 0 Å². The predicted molar refractivity (Wildman–Crippen MR) is 120 cm³/mol. The van der Waals surface area contributed by atoms with Crippen LogP contribution in [0.1, 0.15) is 5.69 Å². The molecule has 1 saturated heterocycles. The van der Waals surface area contributed by atoms with Gasteiger partial charge in [-0.25, -0.2) is 13.1 Å². The van der Waals surface area contributed by atoms with Gasteiger partial charge in [0.2, 0.25) is 0 Å². The number of benzene rings is 2. The number of hydrogen-bond acceptors (Lipinski definition) is 6. The van der Waals surface area contributed by atoms with Gasteiger partial charge in [0, 0.05) is 7.05 Å². The number of para-hydroxylation sites is 1. The summed E-state index contributed by atoms with van der Waals surface area (Å²) >= 11 is 0. The van der Waals surface area contributed by atoms with Crippen LogP contribution in [0.3, 0.4) is 0 Å². The number of morpholine rings is 1. The van der Waals surface area contributed by atoms with E-state index >= 15 is 0 Å². The molecule has 0 unspecified atom stereocenters. The van der Waals surface area contributed by atoms with Crippen LogP contribution in [0.4, 0.5) is 11.4 Å². The van der Waals surface area contributed by atoms with Gasteiger partial charge in [-0.05, 0) is 43.3 Å². The molecule has 0 spiro atoms. The van der Waals surface area contributed by atoms with Crippen molar-refractivity contribution in [3.05, 3.63) is 70.6 Å². The molecule has 3 aromatic rings. The Balaban J connectivity index is 1.56. The Morgan fingerprint density at radius 1 is 1.00 bits per heavy atom. The van der Waals surface area contributed by atoms with Gasteiger partial charge in [0.25, 0.3) is 15.6 Å². The lowest BCUT2D eigenvalue weighted by Gasteiger charge is -2.22. The van der Waals surface area contributed by atoms with Crippen molar-refractivity contribution in [2.75, 3.05) is 31.0 Å². The van der Waals surface area contributed by atoms with Crippen LogP contribution in [0.5, 0.6) is 0 Å². The van der Waals surface area contributed by atoms with Crippen LogP contribution in [0.15, 0.2) is 74.6 Å². The fourth-order valence-electron chi connectivity index (χ4n) is 3.33. The van der Waals surface area contributed by atoms with E-state index in [1.807, 2.05) is 18.2 Å². The Morgan fingerprint density at radius 3 is 2.31 bits per heavy atom. The van der Waals surface area contributed by atoms with E-state index in [1.165, 1.54) is 16.8 Å². The van der Waals surface area contributed by atoms with Gasteiger partial charge in [0.15, 0.2) is 0 Å². The highest BCUT2D eigenvalue weighted by Gasteiger charge is 2.22. The zero-order chi connectivity index (χ0) is 22.7. The van der Waals surface area contributed by atoms with Crippen LogP contribution in [0.2, 0.25) is 0 Å². The maximum Gasteiger partial charge on any atom is 0.296 e. The zero-order valence-electron chi connectivity index (χ0n) is 17.8. The maximum atomic E-state index is 13.0. The van der Waals surface area contributed by atoms with E-state index < -0.39 is 15.6 Å². The average Bonchev–Trinajstić information content (AvgIpc) is 3.02. The summed E-state index contributed by atoms with van der Waals surface area (Å²) in [6.07, 6.45) is 0. The number of sulfonamides is 1. The van der Waals surface area contributed by atoms with Gasteiger partial charge in [-0.3, -0.25) is 19.2 Å². The minimum absolute atomic E-state index is 0.00688. The molecular weight excluding hydrogens is 432 g/mol. The van der Waals surface area contributed by atoms with E-state index in [1.54, 1.807) is 47.9 Å². The van der Waals surface area contributed by atoms with Gasteiger partial charge in [-0.2, -0.15) is 0 Å². The Labute approximate surface area is 185 Å². The third-order valence-corrected chi connectivity index (χ3v) is 6.58. The van der Waals surface area contributed by atoms with Crippen LogP contribution in [-0.4, -0.2) is 49.1 Å². The molecule has 1 N–H and O–H groups in total. The van der Waals surface area contributed by atoms with Crippen LogP contribution in [0.25, 0.3) is 5.69 Å². The minimum Gasteiger partial charge on any atom is -0.378 e. The molecule has 0 saturated carbocycles. The highest BCUT2D eigenvalue weighted by molar-refractivity contribution is 7.92. The molecule has 10 nitrogen and oxygen atoms in total. The summed E-state index contributed by atoms with van der Waals surface area (Å²) in [4.78, 5) is 13.0. The predicted octanol–water partition coefficient (Wildman–Crippen LogP) is 2.62. The number of rotatable bonds is 6. The molecule has 0 aliphatic carbocycles. The summed E-state index contributed by atoms with van der Waals surface area (Å²) < 4.78 is 36.6. The number of nitrogens with zero attached hydrogens (tertiary/aromatic N) is 5. The molecule has 1 aliphatic rings. The molecule has 2 heterocycles. The van der Waals surface area contributed by atoms with Crippen molar-refractivity contribution in [1.29, 1.82) is 0 Å². The largest absolute Gasteiger partial charge is 0.378 e. The van der Waals surface area contributed by atoms with Crippen molar-refractivity contribution < 1.29 is 13.2 Å². The van der Waals surface area contributed by atoms with Gasteiger partial charge in [0.1, 0.15) is 5.69 Å². The molecule has 11 heteroatoms. The molecule has 32 heavy (non-hydrogen) atoms. The third-order valence-electron chi connectivity index (χ3n) is 5.21. The summed E-state index contributed by atoms with van der Waals surface area (Å²) in [6.45, 7) is 4.22. The second-order valence-electron chi connectivity index (χ2n) is 7.29. The monoisotopic (exact) mass is 456 g/mol. The molecule has 4 rings (SSSR count). The van der Waals surface area contributed by atoms with Crippen molar-refractivity contribution in [2.24, 2.45) is 17.4 Å². The molecular formula is C21H24N6O4S. The summed E-state index contributed by atoms with van der Waals surface area (Å²) in [5.74, 6) is 0. The van der Waals surface area contributed by atoms with Crippen LogP contribution >= 0.6 is 0 Å². The molecule has 168 valence electrons. The minimum atomic E-state index is -3.97. The number of hydrogen-bond donors (Lipinski definition) is 1. The topological polar surface area (TPSA) is 110 Å². The lowest BCUT2D eigenvalue weighted by molar-refractivity contribution is 0.0353. The highest BCUT2D eigenvalue weighted by atomic mass is 32.2. The molecule has 0 radical (unpaired) electrons. The van der Waals surface area contributed by atoms with Crippen LogP contribution in [-0.2, 0) is 21.8 Å². The van der Waals surface area contributed by atoms with E-state index in [4.69, 9.17) is 4.74 Å². The smallest absolute Gasteiger partial charge is 0.296 e. The highest BCUT2D eigenvalue weighted by Crippen LogP contribution is 2.21. The van der Waals surface area contributed by atoms with Crippen molar-refractivity contribution in [3.63, 3.8) is 0 Å². The molecule has 1 aliphatic heterocycles. The first-order valence-electron chi connectivity index (χ1n) is 10.1. The molecule has 0 bridgehead atoms. The number of aromatic nitrogens is 2. The van der Waals surface area contributed by atoms with Crippen molar-refractivity contribution >= 4 is 21.4 Å². The summed E-state index contributed by atoms with van der Waals surface area (Å²) in [5, 5.41) is 10.1. The van der Waals surface area contributed by atoms with E-state index in [-0.39, 0.29) is 10.6 Å². The Hall–Kier alpha value is -3.44. The lowest BCUT2D eigenvalue weighted by Crippen LogP contribution is -2.31. The van der Waals surface area contributed by atoms with Gasteiger partial charge in [-0.15, -0.1) is 5.11 Å². The Morgan fingerprint density at radius 2 is 1.66 bits per heavy atom. The van der Waals surface area contributed by atoms with Gasteiger partial charge in [0.05, 0.1) is 48.3 Å². The van der Waals surface area contributed by atoms with E-state index in [0.29, 0.717) is 43.4 Å². The second-order valence-corrected chi connectivity index (χ2v) is 8.97. The van der Waals surface area contributed by atoms with Crippen LogP contribution in [0, 0.1) is 6.92 Å². The first-order chi connectivity index (χ1) is 15.4. The lowest BCUT2D eigenvalue weighted by atomic mass is 10.3. The average molecular weight is 457 g/mol. The van der Waals surface area contributed by atoms with Gasteiger partial charge in [-0.1, -0.05) is 23.4 Å². The normalized spacial score (nSPS) is 14.8. The third kappa shape index (κ3) is 4.43. The summed E-state index contributed by atoms with van der Waals surface area (Å²) in [7, 11) is -2.27. The molecule has 0 amide bonds. The van der Waals surface area contributed by atoms with Gasteiger partial charge < -0.3 is 4.74 Å². The molecule has 2 aromatic carbocycles. The summed E-state index contributed by atoms with van der Waals surface area (Å²) in [5.41, 5.74) is 1.22. The van der Waals surface area contributed by atoms with Crippen molar-refractivity contribution in [1.82, 2.24) is 14.4 Å². The SMILES string of the molecule is Cc1c(NS(=O)(=O)c2ccc(N=NN3CCOCC3)cc2)c(=O)n(-c2ccccc2)n1C. The zero-order valence-corrected chi connectivity index (χ0v) is 18.6.